The van der Waals surface area contributed by atoms with Crippen molar-refractivity contribution in [3.8, 4) is 0 Å². The van der Waals surface area contributed by atoms with Gasteiger partial charge in [0.25, 0.3) is 0 Å². The van der Waals surface area contributed by atoms with Gasteiger partial charge in [-0.3, -0.25) is 4.79 Å². The highest BCUT2D eigenvalue weighted by Gasteiger charge is 2.25. The van der Waals surface area contributed by atoms with E-state index in [0.717, 1.165) is 25.9 Å². The van der Waals surface area contributed by atoms with Crippen LogP contribution in [0.3, 0.4) is 0 Å². The normalized spacial score (nSPS) is 27.9. The Hall–Kier alpha value is -0.570. The van der Waals surface area contributed by atoms with Crippen LogP contribution in [0.2, 0.25) is 0 Å². The van der Waals surface area contributed by atoms with Gasteiger partial charge in [-0.2, -0.15) is 0 Å². The molecule has 1 aliphatic rings. The summed E-state index contributed by atoms with van der Waals surface area (Å²) >= 11 is 0. The van der Waals surface area contributed by atoms with Gasteiger partial charge in [0.2, 0.25) is 0 Å². The van der Waals surface area contributed by atoms with Gasteiger partial charge in [-0.1, -0.05) is 0 Å². The minimum Gasteiger partial charge on any atom is -0.481 e. The second-order valence-electron chi connectivity index (χ2n) is 3.03. The number of hydrogen-bond donors (Lipinski definition) is 1. The lowest BCUT2D eigenvalue weighted by molar-refractivity contribution is -0.148. The molecule has 1 saturated heterocycles. The minimum atomic E-state index is -0.753. The maximum atomic E-state index is 10.5. The fraction of sp³-hybridized carbons (Fsp3) is 0.875. The third kappa shape index (κ3) is 2.19. The van der Waals surface area contributed by atoms with Crippen LogP contribution in [0.5, 0.6) is 0 Å². The molecule has 3 heteroatoms. The third-order valence-electron chi connectivity index (χ3n) is 2.16. The molecule has 0 spiro atoms. The van der Waals surface area contributed by atoms with E-state index in [2.05, 4.69) is 0 Å². The standard InChI is InChI=1S/C8H14O3/c1-6(8(9)10)7-4-2-3-5-11-7/h6-7H,2-5H2,1H3,(H,9,10)/t6?,7-/m1/s1. The van der Waals surface area contributed by atoms with E-state index in [9.17, 15) is 4.79 Å². The monoisotopic (exact) mass is 158 g/mol. The van der Waals surface area contributed by atoms with Gasteiger partial charge in [-0.25, -0.2) is 0 Å². The molecule has 0 aromatic heterocycles. The van der Waals surface area contributed by atoms with E-state index in [0.29, 0.717) is 0 Å². The number of hydrogen-bond acceptors (Lipinski definition) is 2. The topological polar surface area (TPSA) is 46.5 Å². The Morgan fingerprint density at radius 3 is 2.82 bits per heavy atom. The second kappa shape index (κ2) is 3.72. The molecule has 0 bridgehead atoms. The highest BCUT2D eigenvalue weighted by atomic mass is 16.5. The van der Waals surface area contributed by atoms with Gasteiger partial charge in [0, 0.05) is 6.61 Å². The van der Waals surface area contributed by atoms with E-state index < -0.39 is 5.97 Å². The first kappa shape index (κ1) is 8.53. The Balaban J connectivity index is 2.38. The maximum absolute atomic E-state index is 10.5. The molecule has 2 atom stereocenters. The van der Waals surface area contributed by atoms with E-state index in [-0.39, 0.29) is 12.0 Å². The summed E-state index contributed by atoms with van der Waals surface area (Å²) in [5.74, 6) is -1.10. The number of carboxylic acids is 1. The lowest BCUT2D eigenvalue weighted by atomic mass is 9.98. The van der Waals surface area contributed by atoms with Crippen LogP contribution in [0, 0.1) is 5.92 Å². The predicted molar refractivity (Wildman–Crippen MR) is 40.4 cm³/mol. The van der Waals surface area contributed by atoms with Crippen molar-refractivity contribution in [2.75, 3.05) is 6.61 Å². The van der Waals surface area contributed by atoms with Gasteiger partial charge >= 0.3 is 5.97 Å². The van der Waals surface area contributed by atoms with Gasteiger partial charge in [0.1, 0.15) is 0 Å². The van der Waals surface area contributed by atoms with Crippen LogP contribution in [0.4, 0.5) is 0 Å². The van der Waals surface area contributed by atoms with Crippen LogP contribution in [-0.2, 0) is 9.53 Å². The molecule has 1 fully saturated rings. The fourth-order valence-electron chi connectivity index (χ4n) is 1.32. The summed E-state index contributed by atoms with van der Waals surface area (Å²) in [4.78, 5) is 10.5. The Morgan fingerprint density at radius 1 is 1.64 bits per heavy atom. The van der Waals surface area contributed by atoms with Crippen molar-refractivity contribution in [1.82, 2.24) is 0 Å². The van der Waals surface area contributed by atoms with Crippen molar-refractivity contribution in [2.45, 2.75) is 32.3 Å². The zero-order chi connectivity index (χ0) is 8.27. The third-order valence-corrected chi connectivity index (χ3v) is 2.16. The van der Waals surface area contributed by atoms with Crippen LogP contribution >= 0.6 is 0 Å². The molecular formula is C8H14O3. The van der Waals surface area contributed by atoms with Crippen LogP contribution in [-0.4, -0.2) is 23.8 Å². The molecule has 0 aromatic carbocycles. The first-order chi connectivity index (χ1) is 5.22. The summed E-state index contributed by atoms with van der Waals surface area (Å²) in [5, 5.41) is 8.65. The average Bonchev–Trinajstić information content (AvgIpc) is 2.05. The zero-order valence-corrected chi connectivity index (χ0v) is 6.75. The number of carbonyl (C=O) groups is 1. The van der Waals surface area contributed by atoms with Crippen LogP contribution < -0.4 is 0 Å². The Kier molecular flexibility index (Phi) is 2.88. The van der Waals surface area contributed by atoms with Crippen molar-refractivity contribution >= 4 is 5.97 Å². The molecule has 0 aliphatic carbocycles. The Labute approximate surface area is 66.4 Å². The molecule has 1 heterocycles. The van der Waals surface area contributed by atoms with Crippen molar-refractivity contribution < 1.29 is 14.6 Å². The molecule has 0 radical (unpaired) electrons. The predicted octanol–water partition coefficient (Wildman–Crippen LogP) is 1.28. The van der Waals surface area contributed by atoms with Crippen molar-refractivity contribution in [2.24, 2.45) is 5.92 Å². The molecule has 11 heavy (non-hydrogen) atoms. The highest BCUT2D eigenvalue weighted by Crippen LogP contribution is 2.19. The number of carboxylic acid groups (broad SMARTS) is 1. The molecule has 1 aliphatic heterocycles. The summed E-state index contributed by atoms with van der Waals surface area (Å²) < 4.78 is 5.32. The molecule has 64 valence electrons. The van der Waals surface area contributed by atoms with E-state index in [1.54, 1.807) is 6.92 Å². The molecular weight excluding hydrogens is 144 g/mol. The van der Waals surface area contributed by atoms with Crippen molar-refractivity contribution in [3.63, 3.8) is 0 Å². The van der Waals surface area contributed by atoms with Gasteiger partial charge in [-0.05, 0) is 26.2 Å². The molecule has 0 amide bonds. The van der Waals surface area contributed by atoms with E-state index in [1.807, 2.05) is 0 Å². The first-order valence-electron chi connectivity index (χ1n) is 4.06. The van der Waals surface area contributed by atoms with Crippen LogP contribution in [0.25, 0.3) is 0 Å². The van der Waals surface area contributed by atoms with Crippen LogP contribution in [0.15, 0.2) is 0 Å². The number of aliphatic carboxylic acids is 1. The summed E-state index contributed by atoms with van der Waals surface area (Å²) in [6.07, 6.45) is 3.01. The van der Waals surface area contributed by atoms with Gasteiger partial charge in [-0.15, -0.1) is 0 Å². The summed E-state index contributed by atoms with van der Waals surface area (Å²) in [6.45, 7) is 2.43. The number of rotatable bonds is 2. The molecule has 3 nitrogen and oxygen atoms in total. The molecule has 1 N–H and O–H groups in total. The molecule has 1 rings (SSSR count). The van der Waals surface area contributed by atoms with Crippen molar-refractivity contribution in [1.29, 1.82) is 0 Å². The lowest BCUT2D eigenvalue weighted by Gasteiger charge is -2.25. The Morgan fingerprint density at radius 2 is 2.36 bits per heavy atom. The zero-order valence-electron chi connectivity index (χ0n) is 6.75. The lowest BCUT2D eigenvalue weighted by Crippen LogP contribution is -2.31. The molecule has 0 saturated carbocycles. The summed E-state index contributed by atoms with van der Waals surface area (Å²) in [7, 11) is 0. The summed E-state index contributed by atoms with van der Waals surface area (Å²) in [5.41, 5.74) is 0. The average molecular weight is 158 g/mol. The maximum Gasteiger partial charge on any atom is 0.308 e. The van der Waals surface area contributed by atoms with E-state index in [1.165, 1.54) is 0 Å². The smallest absolute Gasteiger partial charge is 0.308 e. The van der Waals surface area contributed by atoms with Crippen LogP contribution in [0.1, 0.15) is 26.2 Å². The summed E-state index contributed by atoms with van der Waals surface area (Å²) in [6, 6.07) is 0. The largest absolute Gasteiger partial charge is 0.481 e. The quantitative estimate of drug-likeness (QED) is 0.658. The first-order valence-corrected chi connectivity index (χ1v) is 4.06. The fourth-order valence-corrected chi connectivity index (χ4v) is 1.32. The van der Waals surface area contributed by atoms with Gasteiger partial charge in [0.05, 0.1) is 12.0 Å². The molecule has 0 aromatic rings. The SMILES string of the molecule is CC(C(=O)O)[C@H]1CCCCO1. The molecule has 1 unspecified atom stereocenters. The second-order valence-corrected chi connectivity index (χ2v) is 3.03. The minimum absolute atomic E-state index is 0.0544. The van der Waals surface area contributed by atoms with Gasteiger partial charge < -0.3 is 9.84 Å². The van der Waals surface area contributed by atoms with E-state index in [4.69, 9.17) is 9.84 Å². The van der Waals surface area contributed by atoms with Gasteiger partial charge in [0.15, 0.2) is 0 Å². The van der Waals surface area contributed by atoms with Crippen molar-refractivity contribution in [3.05, 3.63) is 0 Å². The van der Waals surface area contributed by atoms with E-state index >= 15 is 0 Å². The number of ether oxygens (including phenoxy) is 1. The Bertz CT molecular complexity index is 138. The highest BCUT2D eigenvalue weighted by molar-refractivity contribution is 5.70.